The van der Waals surface area contributed by atoms with Crippen molar-refractivity contribution in [3.63, 3.8) is 0 Å². The Bertz CT molecular complexity index is 370. The average molecular weight is 334 g/mol. The lowest BCUT2D eigenvalue weighted by molar-refractivity contribution is -0.276. The van der Waals surface area contributed by atoms with Gasteiger partial charge in [-0.1, -0.05) is 0 Å². The molecule has 0 saturated heterocycles. The lowest BCUT2D eigenvalue weighted by Crippen LogP contribution is -2.18. The molecule has 0 atom stereocenters. The van der Waals surface area contributed by atoms with Gasteiger partial charge in [0.2, 0.25) is 0 Å². The first-order valence-corrected chi connectivity index (χ1v) is 4.75. The van der Waals surface area contributed by atoms with Crippen molar-refractivity contribution in [2.75, 3.05) is 0 Å². The normalized spacial score (nSPS) is 11.5. The predicted molar refractivity (Wildman–Crippen MR) is 53.2 cm³/mol. The highest BCUT2D eigenvalue weighted by Gasteiger charge is 2.33. The van der Waals surface area contributed by atoms with E-state index in [1.807, 2.05) is 0 Å². The van der Waals surface area contributed by atoms with Gasteiger partial charge in [0.15, 0.2) is 5.75 Å². The summed E-state index contributed by atoms with van der Waals surface area (Å²) >= 11 is 1.70. The fourth-order valence-electron chi connectivity index (χ4n) is 0.832. The molecule has 3 N–H and O–H groups in total. The van der Waals surface area contributed by atoms with E-state index in [9.17, 15) is 13.2 Å². The summed E-state index contributed by atoms with van der Waals surface area (Å²) in [6, 6.07) is 1.09. The Morgan fingerprint density at radius 1 is 1.53 bits per heavy atom. The van der Waals surface area contributed by atoms with Gasteiger partial charge in [0, 0.05) is 12.1 Å². The molecule has 0 saturated carbocycles. The Morgan fingerprint density at radius 2 is 2.13 bits per heavy atom. The molecule has 0 aliphatic carbocycles. The summed E-state index contributed by atoms with van der Waals surface area (Å²) in [5, 5.41) is 9.16. The summed E-state index contributed by atoms with van der Waals surface area (Å²) in [4.78, 5) is 3.44. The largest absolute Gasteiger partial charge is 0.574 e. The van der Waals surface area contributed by atoms with Crippen LogP contribution in [0, 0.1) is 3.70 Å². The Morgan fingerprint density at radius 3 is 2.60 bits per heavy atom. The molecular formula is C7H6F3IN2O2. The van der Waals surface area contributed by atoms with Gasteiger partial charge in [0.25, 0.3) is 5.88 Å². The van der Waals surface area contributed by atoms with E-state index in [-0.39, 0.29) is 10.2 Å². The molecule has 0 aromatic carbocycles. The molecule has 1 aromatic heterocycles. The number of rotatable bonds is 2. The molecule has 0 aliphatic rings. The SMILES string of the molecule is NCc1cc(O)c(OC(F)(F)F)nc1I. The van der Waals surface area contributed by atoms with Crippen molar-refractivity contribution in [3.8, 4) is 11.6 Å². The molecule has 0 radical (unpaired) electrons. The molecular weight excluding hydrogens is 328 g/mol. The molecule has 8 heteroatoms. The lowest BCUT2D eigenvalue weighted by atomic mass is 10.3. The first-order chi connectivity index (χ1) is 6.83. The van der Waals surface area contributed by atoms with Gasteiger partial charge < -0.3 is 15.6 Å². The summed E-state index contributed by atoms with van der Waals surface area (Å²) in [5.74, 6) is -1.56. The van der Waals surface area contributed by atoms with Crippen LogP contribution in [0.2, 0.25) is 0 Å². The van der Waals surface area contributed by atoms with Gasteiger partial charge >= 0.3 is 6.36 Å². The van der Waals surface area contributed by atoms with Crippen LogP contribution in [-0.4, -0.2) is 16.5 Å². The fourth-order valence-corrected chi connectivity index (χ4v) is 1.43. The maximum Gasteiger partial charge on any atom is 0.574 e. The third kappa shape index (κ3) is 3.38. The van der Waals surface area contributed by atoms with Gasteiger partial charge in [-0.3, -0.25) is 0 Å². The first kappa shape index (κ1) is 12.3. The van der Waals surface area contributed by atoms with Crippen LogP contribution in [0.4, 0.5) is 13.2 Å². The van der Waals surface area contributed by atoms with Crippen LogP contribution in [0.25, 0.3) is 0 Å². The van der Waals surface area contributed by atoms with Crippen LogP contribution in [-0.2, 0) is 6.54 Å². The van der Waals surface area contributed by atoms with Crippen molar-refractivity contribution in [1.29, 1.82) is 0 Å². The Labute approximate surface area is 96.4 Å². The van der Waals surface area contributed by atoms with E-state index in [0.717, 1.165) is 6.07 Å². The highest BCUT2D eigenvalue weighted by Crippen LogP contribution is 2.31. The minimum Gasteiger partial charge on any atom is -0.503 e. The minimum atomic E-state index is -4.88. The maximum atomic E-state index is 11.8. The summed E-state index contributed by atoms with van der Waals surface area (Å²) in [6.45, 7) is 0.0745. The number of ether oxygens (including phenoxy) is 1. The third-order valence-electron chi connectivity index (χ3n) is 1.43. The molecule has 0 aliphatic heterocycles. The van der Waals surface area contributed by atoms with E-state index >= 15 is 0 Å². The second-order valence-corrected chi connectivity index (χ2v) is 3.54. The monoisotopic (exact) mass is 334 g/mol. The first-order valence-electron chi connectivity index (χ1n) is 3.67. The van der Waals surface area contributed by atoms with E-state index in [0.29, 0.717) is 5.56 Å². The molecule has 4 nitrogen and oxygen atoms in total. The smallest absolute Gasteiger partial charge is 0.503 e. The van der Waals surface area contributed by atoms with Crippen molar-refractivity contribution in [3.05, 3.63) is 15.3 Å². The van der Waals surface area contributed by atoms with E-state index in [2.05, 4.69) is 9.72 Å². The Hall–Kier alpha value is -0.770. The van der Waals surface area contributed by atoms with E-state index in [4.69, 9.17) is 10.8 Å². The number of hydrogen-bond acceptors (Lipinski definition) is 4. The quantitative estimate of drug-likeness (QED) is 0.639. The molecule has 0 unspecified atom stereocenters. The predicted octanol–water partition coefficient (Wildman–Crippen LogP) is 1.75. The summed E-state index contributed by atoms with van der Waals surface area (Å²) in [7, 11) is 0. The van der Waals surface area contributed by atoms with E-state index in [1.54, 1.807) is 22.6 Å². The molecule has 0 amide bonds. The van der Waals surface area contributed by atoms with Gasteiger partial charge in [-0.15, -0.1) is 13.2 Å². The van der Waals surface area contributed by atoms with Crippen LogP contribution in [0.5, 0.6) is 11.6 Å². The van der Waals surface area contributed by atoms with Gasteiger partial charge in [0.1, 0.15) is 3.70 Å². The van der Waals surface area contributed by atoms with Crippen LogP contribution in [0.3, 0.4) is 0 Å². The van der Waals surface area contributed by atoms with Crippen LogP contribution >= 0.6 is 22.6 Å². The number of aromatic nitrogens is 1. The number of aromatic hydroxyl groups is 1. The van der Waals surface area contributed by atoms with Crippen LogP contribution in [0.1, 0.15) is 5.56 Å². The number of nitrogens with two attached hydrogens (primary N) is 1. The zero-order valence-corrected chi connectivity index (χ0v) is 9.33. The molecule has 1 aromatic rings. The molecule has 0 spiro atoms. The molecule has 0 bridgehead atoms. The molecule has 15 heavy (non-hydrogen) atoms. The van der Waals surface area contributed by atoms with Gasteiger partial charge in [-0.05, 0) is 28.7 Å². The van der Waals surface area contributed by atoms with Crippen LogP contribution in [0.15, 0.2) is 6.07 Å². The van der Waals surface area contributed by atoms with Gasteiger partial charge in [-0.25, -0.2) is 4.98 Å². The van der Waals surface area contributed by atoms with Gasteiger partial charge in [0.05, 0.1) is 0 Å². The highest BCUT2D eigenvalue weighted by molar-refractivity contribution is 14.1. The van der Waals surface area contributed by atoms with E-state index in [1.165, 1.54) is 0 Å². The maximum absolute atomic E-state index is 11.8. The summed E-state index contributed by atoms with van der Waals surface area (Å²) in [6.07, 6.45) is -4.88. The van der Waals surface area contributed by atoms with Crippen molar-refractivity contribution in [2.24, 2.45) is 5.73 Å². The van der Waals surface area contributed by atoms with Crippen molar-refractivity contribution in [2.45, 2.75) is 12.9 Å². The Kier molecular flexibility index (Phi) is 3.60. The van der Waals surface area contributed by atoms with Crippen LogP contribution < -0.4 is 10.5 Å². The number of nitrogens with zero attached hydrogens (tertiary/aromatic N) is 1. The van der Waals surface area contributed by atoms with E-state index < -0.39 is 18.0 Å². The molecule has 1 heterocycles. The number of alkyl halides is 3. The van der Waals surface area contributed by atoms with Crippen molar-refractivity contribution in [1.82, 2.24) is 4.98 Å². The second kappa shape index (κ2) is 4.39. The van der Waals surface area contributed by atoms with Gasteiger partial charge in [-0.2, -0.15) is 0 Å². The summed E-state index contributed by atoms with van der Waals surface area (Å²) < 4.78 is 39.3. The number of hydrogen-bond donors (Lipinski definition) is 2. The fraction of sp³-hybridized carbons (Fsp3) is 0.286. The Balaban J connectivity index is 3.05. The second-order valence-electron chi connectivity index (χ2n) is 2.51. The highest BCUT2D eigenvalue weighted by atomic mass is 127. The van der Waals surface area contributed by atoms with Crippen molar-refractivity contribution >= 4 is 22.6 Å². The number of halogens is 4. The third-order valence-corrected chi connectivity index (χ3v) is 2.36. The standard InChI is InChI=1S/C7H6F3IN2O2/c8-7(9,10)15-6-4(14)1-3(2-12)5(11)13-6/h1,14H,2,12H2. The lowest BCUT2D eigenvalue weighted by Gasteiger charge is -2.10. The zero-order valence-electron chi connectivity index (χ0n) is 7.18. The molecule has 1 rings (SSSR count). The zero-order chi connectivity index (χ0) is 11.6. The minimum absolute atomic E-state index is 0.0745. The molecule has 84 valence electrons. The van der Waals surface area contributed by atoms with Crippen molar-refractivity contribution < 1.29 is 23.0 Å². The summed E-state index contributed by atoms with van der Waals surface area (Å²) in [5.41, 5.74) is 5.72. The molecule has 0 fully saturated rings. The topological polar surface area (TPSA) is 68.4 Å². The number of pyridine rings is 1. The average Bonchev–Trinajstić information content (AvgIpc) is 2.08.